The normalized spacial score (nSPS) is 17.5. The molecule has 3 aromatic rings. The van der Waals surface area contributed by atoms with Crippen LogP contribution in [0, 0.1) is 0 Å². The van der Waals surface area contributed by atoms with E-state index >= 15 is 0 Å². The Morgan fingerprint density at radius 3 is 2.50 bits per heavy atom. The molecular formula is C28H29Br2N3O6S. The molecule has 212 valence electrons. The highest BCUT2D eigenvalue weighted by Gasteiger charge is 2.35. The van der Waals surface area contributed by atoms with Crippen LogP contribution in [0.5, 0.6) is 11.5 Å². The Bertz CT molecular complexity index is 1670. The Morgan fingerprint density at radius 1 is 1.12 bits per heavy atom. The van der Waals surface area contributed by atoms with Crippen molar-refractivity contribution in [3.8, 4) is 11.5 Å². The molecule has 0 saturated carbocycles. The summed E-state index contributed by atoms with van der Waals surface area (Å²) in [6, 6.07) is 4.58. The van der Waals surface area contributed by atoms with Gasteiger partial charge in [-0.05, 0) is 66.7 Å². The predicted molar refractivity (Wildman–Crippen MR) is 160 cm³/mol. The maximum atomic E-state index is 14.0. The van der Waals surface area contributed by atoms with Crippen LogP contribution in [0.25, 0.3) is 6.08 Å². The zero-order chi connectivity index (χ0) is 28.6. The lowest BCUT2D eigenvalue weighted by atomic mass is 9.95. The number of anilines is 1. The van der Waals surface area contributed by atoms with E-state index in [0.29, 0.717) is 42.3 Å². The molecule has 2 aliphatic rings. The first-order chi connectivity index (χ1) is 19.3. The Kier molecular flexibility index (Phi) is 8.58. The molecule has 9 nitrogen and oxygen atoms in total. The number of allylic oxidation sites excluding steroid dienone is 1. The van der Waals surface area contributed by atoms with Crippen LogP contribution in [-0.2, 0) is 9.53 Å². The van der Waals surface area contributed by atoms with Crippen molar-refractivity contribution in [2.24, 2.45) is 4.99 Å². The number of esters is 1. The van der Waals surface area contributed by atoms with Crippen LogP contribution in [0.4, 0.5) is 5.88 Å². The summed E-state index contributed by atoms with van der Waals surface area (Å²) >= 11 is 8.49. The number of benzene rings is 1. The van der Waals surface area contributed by atoms with Crippen molar-refractivity contribution in [1.82, 2.24) is 4.57 Å². The summed E-state index contributed by atoms with van der Waals surface area (Å²) in [5, 5.41) is 0. The third kappa shape index (κ3) is 5.28. The second-order valence-electron chi connectivity index (χ2n) is 9.38. The van der Waals surface area contributed by atoms with Gasteiger partial charge in [-0.25, -0.2) is 9.79 Å². The summed E-state index contributed by atoms with van der Waals surface area (Å²) in [6.07, 6.45) is 5.18. The number of carbonyl (C=O) groups is 1. The van der Waals surface area contributed by atoms with Crippen LogP contribution < -0.4 is 29.3 Å². The molecule has 1 atom stereocenters. The minimum Gasteiger partial charge on any atom is -0.493 e. The van der Waals surface area contributed by atoms with Crippen molar-refractivity contribution in [1.29, 1.82) is 0 Å². The summed E-state index contributed by atoms with van der Waals surface area (Å²) in [4.78, 5) is 34.6. The summed E-state index contributed by atoms with van der Waals surface area (Å²) in [5.74, 6) is 1.77. The van der Waals surface area contributed by atoms with Crippen LogP contribution in [0.1, 0.15) is 50.5 Å². The van der Waals surface area contributed by atoms with Gasteiger partial charge in [0.1, 0.15) is 5.76 Å². The molecule has 0 amide bonds. The highest BCUT2D eigenvalue weighted by molar-refractivity contribution is 9.11. The van der Waals surface area contributed by atoms with Crippen LogP contribution >= 0.6 is 43.2 Å². The average molecular weight is 695 g/mol. The van der Waals surface area contributed by atoms with Crippen LogP contribution in [0.15, 0.2) is 52.6 Å². The van der Waals surface area contributed by atoms with E-state index in [9.17, 15) is 9.59 Å². The van der Waals surface area contributed by atoms with E-state index in [0.717, 1.165) is 36.3 Å². The highest BCUT2D eigenvalue weighted by Crippen LogP contribution is 2.41. The van der Waals surface area contributed by atoms with Gasteiger partial charge in [0, 0.05) is 29.7 Å². The number of thiazole rings is 1. The smallest absolute Gasteiger partial charge is 0.338 e. The van der Waals surface area contributed by atoms with E-state index in [1.165, 1.54) is 29.4 Å². The van der Waals surface area contributed by atoms with Crippen molar-refractivity contribution >= 4 is 61.1 Å². The van der Waals surface area contributed by atoms with Crippen LogP contribution in [0.3, 0.4) is 0 Å². The Labute approximate surface area is 252 Å². The molecule has 0 unspecified atom stereocenters. The summed E-state index contributed by atoms with van der Waals surface area (Å²) in [6.45, 7) is 5.55. The third-order valence-electron chi connectivity index (χ3n) is 6.92. The van der Waals surface area contributed by atoms with E-state index in [4.69, 9.17) is 18.6 Å². The summed E-state index contributed by atoms with van der Waals surface area (Å²) in [7, 11) is 3.08. The SMILES string of the molecule is CCOC(=O)C1=C(C)N=c2s/c(=C/c3cc(Br)c(N4CCCCC4)o3)c(=O)n2[C@H]1c1cc(OC)c(OC)cc1Br. The molecule has 5 rings (SSSR count). The number of methoxy groups -OCH3 is 2. The molecule has 12 heteroatoms. The van der Waals surface area contributed by atoms with E-state index in [-0.39, 0.29) is 17.7 Å². The second-order valence-corrected chi connectivity index (χ2v) is 12.1. The van der Waals surface area contributed by atoms with Crippen molar-refractivity contribution in [3.05, 3.63) is 69.4 Å². The van der Waals surface area contributed by atoms with Crippen molar-refractivity contribution in [2.75, 3.05) is 38.8 Å². The number of halogens is 2. The molecule has 2 aliphatic heterocycles. The highest BCUT2D eigenvalue weighted by atomic mass is 79.9. The molecule has 1 saturated heterocycles. The molecule has 40 heavy (non-hydrogen) atoms. The molecule has 4 heterocycles. The van der Waals surface area contributed by atoms with Gasteiger partial charge in [0.25, 0.3) is 5.56 Å². The van der Waals surface area contributed by atoms with Gasteiger partial charge in [-0.15, -0.1) is 0 Å². The lowest BCUT2D eigenvalue weighted by Gasteiger charge is -2.26. The number of ether oxygens (including phenoxy) is 3. The second kappa shape index (κ2) is 12.0. The van der Waals surface area contributed by atoms with Gasteiger partial charge >= 0.3 is 5.97 Å². The standard InChI is InChI=1S/C28H29Br2N3O6S/c1-5-38-27(35)23-15(2)31-28-33(24(23)17-13-20(36-3)21(37-4)14-18(17)29)25(34)22(40-28)12-16-11-19(30)26(39-16)32-9-7-6-8-10-32/h11-14,24H,5-10H2,1-4H3/b22-12+/t24-/m0/s1. The Morgan fingerprint density at radius 2 is 1.82 bits per heavy atom. The van der Waals surface area contributed by atoms with Crippen molar-refractivity contribution < 1.29 is 23.4 Å². The Hall–Kier alpha value is -2.83. The van der Waals surface area contributed by atoms with E-state index in [2.05, 4.69) is 41.8 Å². The van der Waals surface area contributed by atoms with Crippen molar-refractivity contribution in [3.63, 3.8) is 0 Å². The fourth-order valence-corrected chi connectivity index (χ4v) is 7.18. The predicted octanol–water partition coefficient (Wildman–Crippen LogP) is 4.92. The fraction of sp³-hybridized carbons (Fsp3) is 0.393. The molecule has 0 radical (unpaired) electrons. The van der Waals surface area contributed by atoms with Crippen molar-refractivity contribution in [2.45, 2.75) is 39.2 Å². The molecule has 0 aliphatic carbocycles. The Balaban J connectivity index is 1.68. The molecule has 2 aromatic heterocycles. The monoisotopic (exact) mass is 693 g/mol. The third-order valence-corrected chi connectivity index (χ3v) is 9.16. The zero-order valence-electron chi connectivity index (χ0n) is 22.6. The number of carbonyl (C=O) groups excluding carboxylic acids is 1. The molecular weight excluding hydrogens is 666 g/mol. The quantitative estimate of drug-likeness (QED) is 0.324. The maximum absolute atomic E-state index is 14.0. The first-order valence-electron chi connectivity index (χ1n) is 12.9. The number of rotatable bonds is 7. The summed E-state index contributed by atoms with van der Waals surface area (Å²) < 4.78 is 26.0. The zero-order valence-corrected chi connectivity index (χ0v) is 26.6. The fourth-order valence-electron chi connectivity index (χ4n) is 5.05. The minimum atomic E-state index is -0.807. The molecule has 0 bridgehead atoms. The number of furan rings is 1. The van der Waals surface area contributed by atoms with Gasteiger partial charge in [0.05, 0.1) is 47.1 Å². The van der Waals surface area contributed by atoms with Gasteiger partial charge in [-0.1, -0.05) is 27.3 Å². The topological polar surface area (TPSA) is 95.5 Å². The van der Waals surface area contributed by atoms with E-state index in [1.54, 1.807) is 39.2 Å². The van der Waals surface area contributed by atoms with Gasteiger partial charge < -0.3 is 23.5 Å². The number of piperidine rings is 1. The number of aromatic nitrogens is 1. The van der Waals surface area contributed by atoms with Gasteiger partial charge in [-0.2, -0.15) is 0 Å². The molecule has 0 N–H and O–H groups in total. The largest absolute Gasteiger partial charge is 0.493 e. The lowest BCUT2D eigenvalue weighted by molar-refractivity contribution is -0.139. The first-order valence-corrected chi connectivity index (χ1v) is 15.3. The summed E-state index contributed by atoms with van der Waals surface area (Å²) in [5.41, 5.74) is 1.10. The number of nitrogens with zero attached hydrogens (tertiary/aromatic N) is 3. The average Bonchev–Trinajstić information content (AvgIpc) is 3.46. The lowest BCUT2D eigenvalue weighted by Crippen LogP contribution is -2.40. The van der Waals surface area contributed by atoms with Crippen LogP contribution in [0.2, 0.25) is 0 Å². The van der Waals surface area contributed by atoms with E-state index < -0.39 is 12.0 Å². The van der Waals surface area contributed by atoms with Gasteiger partial charge in [0.15, 0.2) is 16.3 Å². The number of hydrogen-bond donors (Lipinski definition) is 0. The molecule has 1 fully saturated rings. The van der Waals surface area contributed by atoms with Gasteiger partial charge in [0.2, 0.25) is 5.88 Å². The molecule has 0 spiro atoms. The van der Waals surface area contributed by atoms with Crippen LogP contribution in [-0.4, -0.2) is 44.5 Å². The number of hydrogen-bond acceptors (Lipinski definition) is 9. The first kappa shape index (κ1) is 28.7. The van der Waals surface area contributed by atoms with Gasteiger partial charge in [-0.3, -0.25) is 9.36 Å². The minimum absolute atomic E-state index is 0.187. The maximum Gasteiger partial charge on any atom is 0.338 e. The van der Waals surface area contributed by atoms with E-state index in [1.807, 2.05) is 6.07 Å². The molecule has 1 aromatic carbocycles. The number of fused-ring (bicyclic) bond motifs is 1.